The molecule has 6 nitrogen and oxygen atoms in total. The molecule has 0 unspecified atom stereocenters. The van der Waals surface area contributed by atoms with E-state index in [1.807, 2.05) is 64.1 Å². The van der Waals surface area contributed by atoms with Crippen molar-refractivity contribution in [1.29, 1.82) is 0 Å². The number of rotatable bonds is 10. The number of benzene rings is 2. The number of amides is 2. The standard InChI is InChI=1S/C22H30N2O4/c1-5-26-20-10-8-18(14-21(20)27-6-2)11-12-23-22(25)24-15-28-19-9-7-16(3)17(4)13-19/h7-10,13-14H,5-6,11-12,15H2,1-4H3,(H2,23,24,25). The SMILES string of the molecule is CCOc1ccc(CCNC(=O)NCOc2ccc(C)c(C)c2)cc1OCC. The zero-order valence-corrected chi connectivity index (χ0v) is 17.1. The second kappa shape index (κ2) is 11.1. The summed E-state index contributed by atoms with van der Waals surface area (Å²) in [6.07, 6.45) is 0.692. The Bertz CT molecular complexity index is 777. The third-order valence-corrected chi connectivity index (χ3v) is 4.26. The average molecular weight is 386 g/mol. The summed E-state index contributed by atoms with van der Waals surface area (Å²) < 4.78 is 16.7. The second-order valence-electron chi connectivity index (χ2n) is 6.36. The van der Waals surface area contributed by atoms with Crippen LogP contribution in [-0.4, -0.2) is 32.5 Å². The monoisotopic (exact) mass is 386 g/mol. The van der Waals surface area contributed by atoms with Crippen molar-refractivity contribution < 1.29 is 19.0 Å². The first kappa shape index (κ1) is 21.4. The van der Waals surface area contributed by atoms with Crippen molar-refractivity contribution in [3.05, 3.63) is 53.1 Å². The molecule has 152 valence electrons. The van der Waals surface area contributed by atoms with Crippen LogP contribution < -0.4 is 24.8 Å². The molecule has 0 atom stereocenters. The number of ether oxygens (including phenoxy) is 3. The molecule has 0 fully saturated rings. The predicted octanol–water partition coefficient (Wildman–Crippen LogP) is 3.98. The molecule has 2 amide bonds. The first-order valence-electron chi connectivity index (χ1n) is 9.63. The summed E-state index contributed by atoms with van der Waals surface area (Å²) in [4.78, 5) is 11.9. The summed E-state index contributed by atoms with van der Waals surface area (Å²) in [5.74, 6) is 2.21. The van der Waals surface area contributed by atoms with Crippen LogP contribution in [0.25, 0.3) is 0 Å². The van der Waals surface area contributed by atoms with E-state index in [2.05, 4.69) is 10.6 Å². The molecule has 0 radical (unpaired) electrons. The number of hydrogen-bond acceptors (Lipinski definition) is 4. The van der Waals surface area contributed by atoms with E-state index >= 15 is 0 Å². The minimum Gasteiger partial charge on any atom is -0.490 e. The maximum Gasteiger partial charge on any atom is 0.317 e. The lowest BCUT2D eigenvalue weighted by atomic mass is 10.1. The third kappa shape index (κ3) is 6.68. The van der Waals surface area contributed by atoms with E-state index in [-0.39, 0.29) is 12.8 Å². The Morgan fingerprint density at radius 1 is 0.857 bits per heavy atom. The lowest BCUT2D eigenvalue weighted by molar-refractivity contribution is 0.224. The van der Waals surface area contributed by atoms with Crippen LogP contribution in [-0.2, 0) is 6.42 Å². The minimum atomic E-state index is -0.264. The van der Waals surface area contributed by atoms with Gasteiger partial charge < -0.3 is 24.8 Å². The number of hydrogen-bond donors (Lipinski definition) is 2. The molecule has 0 aliphatic heterocycles. The number of carbonyl (C=O) groups is 1. The Morgan fingerprint density at radius 3 is 2.32 bits per heavy atom. The van der Waals surface area contributed by atoms with Crippen LogP contribution in [0.5, 0.6) is 17.2 Å². The molecule has 0 aromatic heterocycles. The molecule has 2 rings (SSSR count). The normalized spacial score (nSPS) is 10.3. The Balaban J connectivity index is 1.74. The molecule has 0 aliphatic carbocycles. The predicted molar refractivity (Wildman–Crippen MR) is 110 cm³/mol. The van der Waals surface area contributed by atoms with Crippen LogP contribution in [0.15, 0.2) is 36.4 Å². The van der Waals surface area contributed by atoms with Gasteiger partial charge in [0.05, 0.1) is 13.2 Å². The van der Waals surface area contributed by atoms with Gasteiger partial charge in [0.25, 0.3) is 0 Å². The average Bonchev–Trinajstić information content (AvgIpc) is 2.67. The molecule has 0 bridgehead atoms. The fraction of sp³-hybridized carbons (Fsp3) is 0.409. The largest absolute Gasteiger partial charge is 0.490 e. The van der Waals surface area contributed by atoms with Gasteiger partial charge in [0, 0.05) is 6.54 Å². The molecule has 0 saturated carbocycles. The summed E-state index contributed by atoms with van der Waals surface area (Å²) in [7, 11) is 0. The quantitative estimate of drug-likeness (QED) is 0.606. The van der Waals surface area contributed by atoms with E-state index in [4.69, 9.17) is 14.2 Å². The molecule has 0 spiro atoms. The Labute approximate surface area is 167 Å². The molecular formula is C22H30N2O4. The molecular weight excluding hydrogens is 356 g/mol. The van der Waals surface area contributed by atoms with Crippen molar-refractivity contribution in [3.8, 4) is 17.2 Å². The second-order valence-corrected chi connectivity index (χ2v) is 6.36. The van der Waals surface area contributed by atoms with Crippen LogP contribution in [0.1, 0.15) is 30.5 Å². The highest BCUT2D eigenvalue weighted by Gasteiger charge is 2.07. The van der Waals surface area contributed by atoms with Crippen LogP contribution in [0.2, 0.25) is 0 Å². The summed E-state index contributed by atoms with van der Waals surface area (Å²) >= 11 is 0. The smallest absolute Gasteiger partial charge is 0.317 e. The van der Waals surface area contributed by atoms with E-state index in [1.165, 1.54) is 5.56 Å². The van der Waals surface area contributed by atoms with E-state index in [9.17, 15) is 4.79 Å². The molecule has 0 aliphatic rings. The molecule has 0 saturated heterocycles. The van der Waals surface area contributed by atoms with Crippen molar-refractivity contribution in [3.63, 3.8) is 0 Å². The van der Waals surface area contributed by atoms with Gasteiger partial charge >= 0.3 is 6.03 Å². The maximum atomic E-state index is 11.9. The summed E-state index contributed by atoms with van der Waals surface area (Å²) in [5, 5.41) is 5.52. The van der Waals surface area contributed by atoms with Gasteiger partial charge in [0.2, 0.25) is 0 Å². The van der Waals surface area contributed by atoms with Crippen molar-refractivity contribution in [2.75, 3.05) is 26.5 Å². The summed E-state index contributed by atoms with van der Waals surface area (Å²) in [6, 6.07) is 11.4. The van der Waals surface area contributed by atoms with Crippen molar-refractivity contribution in [2.24, 2.45) is 0 Å². The van der Waals surface area contributed by atoms with Gasteiger partial charge in [-0.2, -0.15) is 0 Å². The zero-order valence-electron chi connectivity index (χ0n) is 17.1. The molecule has 0 heterocycles. The molecule has 2 aromatic rings. The Hall–Kier alpha value is -2.89. The lowest BCUT2D eigenvalue weighted by Gasteiger charge is -2.13. The summed E-state index contributed by atoms with van der Waals surface area (Å²) in [5.41, 5.74) is 3.43. The van der Waals surface area contributed by atoms with Gasteiger partial charge in [-0.3, -0.25) is 0 Å². The van der Waals surface area contributed by atoms with Crippen molar-refractivity contribution in [2.45, 2.75) is 34.1 Å². The number of urea groups is 1. The van der Waals surface area contributed by atoms with Crippen molar-refractivity contribution in [1.82, 2.24) is 10.6 Å². The first-order chi connectivity index (χ1) is 13.5. The molecule has 28 heavy (non-hydrogen) atoms. The number of nitrogens with one attached hydrogen (secondary N) is 2. The van der Waals surface area contributed by atoms with Crippen molar-refractivity contribution >= 4 is 6.03 Å². The molecule has 2 N–H and O–H groups in total. The zero-order chi connectivity index (χ0) is 20.4. The lowest BCUT2D eigenvalue weighted by Crippen LogP contribution is -2.38. The van der Waals surface area contributed by atoms with Crippen LogP contribution in [0.4, 0.5) is 4.79 Å². The van der Waals surface area contributed by atoms with E-state index in [0.29, 0.717) is 26.2 Å². The minimum absolute atomic E-state index is 0.117. The highest BCUT2D eigenvalue weighted by molar-refractivity contribution is 5.73. The van der Waals surface area contributed by atoms with E-state index in [0.717, 1.165) is 28.4 Å². The van der Waals surface area contributed by atoms with Crippen LogP contribution in [0.3, 0.4) is 0 Å². The van der Waals surface area contributed by atoms with Gasteiger partial charge in [-0.05, 0) is 75.1 Å². The highest BCUT2D eigenvalue weighted by atomic mass is 16.5. The highest BCUT2D eigenvalue weighted by Crippen LogP contribution is 2.28. The maximum absolute atomic E-state index is 11.9. The van der Waals surface area contributed by atoms with Crippen LogP contribution >= 0.6 is 0 Å². The van der Waals surface area contributed by atoms with Gasteiger partial charge in [0.15, 0.2) is 18.2 Å². The van der Waals surface area contributed by atoms with Gasteiger partial charge in [-0.25, -0.2) is 4.79 Å². The third-order valence-electron chi connectivity index (χ3n) is 4.26. The topological polar surface area (TPSA) is 68.8 Å². The van der Waals surface area contributed by atoms with Gasteiger partial charge in [0.1, 0.15) is 5.75 Å². The number of aryl methyl sites for hydroxylation is 2. The first-order valence-corrected chi connectivity index (χ1v) is 9.63. The fourth-order valence-electron chi connectivity index (χ4n) is 2.62. The van der Waals surface area contributed by atoms with Crippen LogP contribution in [0, 0.1) is 13.8 Å². The molecule has 6 heteroatoms. The van der Waals surface area contributed by atoms with Gasteiger partial charge in [-0.15, -0.1) is 0 Å². The fourth-order valence-corrected chi connectivity index (χ4v) is 2.62. The Kier molecular flexibility index (Phi) is 8.46. The van der Waals surface area contributed by atoms with E-state index in [1.54, 1.807) is 0 Å². The number of carbonyl (C=O) groups excluding carboxylic acids is 1. The Morgan fingerprint density at radius 2 is 1.61 bits per heavy atom. The van der Waals surface area contributed by atoms with E-state index < -0.39 is 0 Å². The van der Waals surface area contributed by atoms with Gasteiger partial charge in [-0.1, -0.05) is 12.1 Å². The molecule has 2 aromatic carbocycles. The summed E-state index contributed by atoms with van der Waals surface area (Å²) in [6.45, 7) is 9.74.